The van der Waals surface area contributed by atoms with Gasteiger partial charge in [0.25, 0.3) is 5.91 Å². The van der Waals surface area contributed by atoms with E-state index >= 15 is 0 Å². The average molecular weight is 340 g/mol. The van der Waals surface area contributed by atoms with Gasteiger partial charge in [0.15, 0.2) is 0 Å². The Bertz CT molecular complexity index is 588. The standard InChI is InChI=1S/C16H22ClN3O3/c17-12-7-11(15(8-13(12)18)23-6-5-21)16(22)19-14-9-20-3-1-10(14)2-4-20/h7-8,10,14,21H,1-6,9,18H2,(H,19,22). The Kier molecular flexibility index (Phi) is 4.94. The summed E-state index contributed by atoms with van der Waals surface area (Å²) < 4.78 is 5.43. The number of halogens is 1. The summed E-state index contributed by atoms with van der Waals surface area (Å²) in [5, 5.41) is 12.4. The molecule has 1 unspecified atom stereocenters. The molecule has 1 atom stereocenters. The summed E-state index contributed by atoms with van der Waals surface area (Å²) in [6, 6.07) is 3.22. The number of aliphatic hydroxyl groups excluding tert-OH is 1. The van der Waals surface area contributed by atoms with Gasteiger partial charge in [-0.25, -0.2) is 0 Å². The van der Waals surface area contributed by atoms with Crippen LogP contribution in [0.2, 0.25) is 5.02 Å². The molecule has 3 aliphatic rings. The van der Waals surface area contributed by atoms with Gasteiger partial charge in [0.05, 0.1) is 22.9 Å². The van der Waals surface area contributed by atoms with Gasteiger partial charge in [-0.3, -0.25) is 4.79 Å². The largest absolute Gasteiger partial charge is 0.490 e. The predicted molar refractivity (Wildman–Crippen MR) is 88.9 cm³/mol. The number of benzene rings is 1. The molecule has 3 heterocycles. The Labute approximate surface area is 140 Å². The van der Waals surface area contributed by atoms with Gasteiger partial charge in [-0.1, -0.05) is 11.6 Å². The number of nitrogens with two attached hydrogens (primary N) is 1. The fourth-order valence-corrected chi connectivity index (χ4v) is 3.56. The van der Waals surface area contributed by atoms with E-state index in [9.17, 15) is 4.79 Å². The number of aliphatic hydroxyl groups is 1. The highest BCUT2D eigenvalue weighted by Gasteiger charge is 2.35. The predicted octanol–water partition coefficient (Wildman–Crippen LogP) is 1.12. The van der Waals surface area contributed by atoms with Crippen molar-refractivity contribution in [1.82, 2.24) is 10.2 Å². The third kappa shape index (κ3) is 3.54. The van der Waals surface area contributed by atoms with E-state index in [2.05, 4.69) is 10.2 Å². The molecule has 23 heavy (non-hydrogen) atoms. The van der Waals surface area contributed by atoms with Crippen molar-refractivity contribution >= 4 is 23.2 Å². The second-order valence-corrected chi connectivity index (χ2v) is 6.57. The van der Waals surface area contributed by atoms with Crippen LogP contribution in [0.5, 0.6) is 5.75 Å². The lowest BCUT2D eigenvalue weighted by Gasteiger charge is -2.44. The van der Waals surface area contributed by atoms with Gasteiger partial charge in [-0.05, 0) is 37.9 Å². The number of piperidine rings is 3. The van der Waals surface area contributed by atoms with Gasteiger partial charge in [0.2, 0.25) is 0 Å². The van der Waals surface area contributed by atoms with Crippen LogP contribution in [0, 0.1) is 5.92 Å². The van der Waals surface area contributed by atoms with Gasteiger partial charge in [0, 0.05) is 18.7 Å². The van der Waals surface area contributed by atoms with Crippen LogP contribution in [0.4, 0.5) is 5.69 Å². The van der Waals surface area contributed by atoms with E-state index in [0.29, 0.717) is 27.9 Å². The van der Waals surface area contributed by atoms with Crippen molar-refractivity contribution in [3.8, 4) is 5.75 Å². The number of hydrogen-bond acceptors (Lipinski definition) is 5. The first-order valence-corrected chi connectivity index (χ1v) is 8.32. The molecule has 7 heteroatoms. The highest BCUT2D eigenvalue weighted by Crippen LogP contribution is 2.31. The number of hydrogen-bond donors (Lipinski definition) is 3. The van der Waals surface area contributed by atoms with Crippen molar-refractivity contribution < 1.29 is 14.6 Å². The molecular formula is C16H22ClN3O3. The molecule has 0 saturated carbocycles. The number of amides is 1. The molecule has 126 valence electrons. The molecule has 3 aliphatic heterocycles. The first-order valence-electron chi connectivity index (χ1n) is 7.94. The average Bonchev–Trinajstić information content (AvgIpc) is 2.56. The number of carbonyl (C=O) groups excluding carboxylic acids is 1. The maximum absolute atomic E-state index is 12.7. The van der Waals surface area contributed by atoms with Crippen molar-refractivity contribution in [3.63, 3.8) is 0 Å². The Morgan fingerprint density at radius 1 is 1.43 bits per heavy atom. The van der Waals surface area contributed by atoms with Gasteiger partial charge < -0.3 is 25.8 Å². The molecule has 0 spiro atoms. The minimum absolute atomic E-state index is 0.0984. The molecule has 1 aromatic carbocycles. The molecular weight excluding hydrogens is 318 g/mol. The number of nitrogen functional groups attached to an aromatic ring is 1. The van der Waals surface area contributed by atoms with Gasteiger partial charge in [0.1, 0.15) is 12.4 Å². The fourth-order valence-electron chi connectivity index (χ4n) is 3.40. The molecule has 0 aliphatic carbocycles. The van der Waals surface area contributed by atoms with Crippen molar-refractivity contribution in [3.05, 3.63) is 22.7 Å². The summed E-state index contributed by atoms with van der Waals surface area (Å²) in [5.41, 5.74) is 6.48. The maximum Gasteiger partial charge on any atom is 0.255 e. The Balaban J connectivity index is 1.76. The summed E-state index contributed by atoms with van der Waals surface area (Å²) in [7, 11) is 0. The highest BCUT2D eigenvalue weighted by atomic mass is 35.5. The number of anilines is 1. The van der Waals surface area contributed by atoms with E-state index in [-0.39, 0.29) is 25.2 Å². The molecule has 4 N–H and O–H groups in total. The van der Waals surface area contributed by atoms with Crippen LogP contribution in [0.1, 0.15) is 23.2 Å². The van der Waals surface area contributed by atoms with Crippen LogP contribution in [0.15, 0.2) is 12.1 Å². The van der Waals surface area contributed by atoms with E-state index in [1.165, 1.54) is 12.1 Å². The first-order chi connectivity index (χ1) is 11.1. The van der Waals surface area contributed by atoms with Crippen molar-refractivity contribution in [1.29, 1.82) is 0 Å². The van der Waals surface area contributed by atoms with Crippen LogP contribution in [-0.2, 0) is 0 Å². The van der Waals surface area contributed by atoms with E-state index in [1.54, 1.807) is 0 Å². The summed E-state index contributed by atoms with van der Waals surface area (Å²) in [6.45, 7) is 3.10. The fraction of sp³-hybridized carbons (Fsp3) is 0.562. The number of carbonyl (C=O) groups is 1. The van der Waals surface area contributed by atoms with Crippen LogP contribution >= 0.6 is 11.6 Å². The summed E-state index contributed by atoms with van der Waals surface area (Å²) in [4.78, 5) is 15.0. The van der Waals surface area contributed by atoms with Crippen molar-refractivity contribution in [2.24, 2.45) is 5.92 Å². The minimum Gasteiger partial charge on any atom is -0.490 e. The first kappa shape index (κ1) is 16.4. The zero-order valence-electron chi connectivity index (χ0n) is 12.9. The molecule has 0 aromatic heterocycles. The monoisotopic (exact) mass is 339 g/mol. The zero-order chi connectivity index (χ0) is 16.4. The summed E-state index contributed by atoms with van der Waals surface area (Å²) in [6.07, 6.45) is 2.25. The minimum atomic E-state index is -0.210. The molecule has 3 fully saturated rings. The van der Waals surface area contributed by atoms with Gasteiger partial charge in [-0.15, -0.1) is 0 Å². The van der Waals surface area contributed by atoms with Crippen molar-refractivity contribution in [2.45, 2.75) is 18.9 Å². The number of ether oxygens (including phenoxy) is 1. The third-order valence-corrected chi connectivity index (χ3v) is 4.99. The summed E-state index contributed by atoms with van der Waals surface area (Å²) in [5.74, 6) is 0.674. The van der Waals surface area contributed by atoms with Crippen LogP contribution in [0.3, 0.4) is 0 Å². The zero-order valence-corrected chi connectivity index (χ0v) is 13.7. The number of nitrogens with one attached hydrogen (secondary N) is 1. The molecule has 3 saturated heterocycles. The van der Waals surface area contributed by atoms with Crippen molar-refractivity contribution in [2.75, 3.05) is 38.6 Å². The Hall–Kier alpha value is -1.50. The van der Waals surface area contributed by atoms with E-state index in [0.717, 1.165) is 32.5 Å². The second kappa shape index (κ2) is 6.95. The number of nitrogens with zero attached hydrogens (tertiary/aromatic N) is 1. The molecule has 4 rings (SSSR count). The normalized spacial score (nSPS) is 26.1. The Morgan fingerprint density at radius 2 is 2.17 bits per heavy atom. The topological polar surface area (TPSA) is 87.8 Å². The molecule has 1 aromatic rings. The molecule has 6 nitrogen and oxygen atoms in total. The Morgan fingerprint density at radius 3 is 2.78 bits per heavy atom. The van der Waals surface area contributed by atoms with E-state index < -0.39 is 0 Å². The number of fused-ring (bicyclic) bond motifs is 3. The molecule has 0 radical (unpaired) electrons. The molecule has 1 amide bonds. The lowest BCUT2D eigenvalue weighted by Crippen LogP contribution is -2.57. The third-order valence-electron chi connectivity index (χ3n) is 4.67. The van der Waals surface area contributed by atoms with Gasteiger partial charge in [-0.2, -0.15) is 0 Å². The SMILES string of the molecule is Nc1cc(OCCO)c(C(=O)NC2CN3CCC2CC3)cc1Cl. The second-order valence-electron chi connectivity index (χ2n) is 6.16. The quantitative estimate of drug-likeness (QED) is 0.700. The van der Waals surface area contributed by atoms with Crippen LogP contribution in [0.25, 0.3) is 0 Å². The lowest BCUT2D eigenvalue weighted by molar-refractivity contribution is 0.0618. The smallest absolute Gasteiger partial charge is 0.255 e. The summed E-state index contributed by atoms with van der Waals surface area (Å²) >= 11 is 6.05. The van der Waals surface area contributed by atoms with E-state index in [1.807, 2.05) is 0 Å². The number of rotatable bonds is 5. The highest BCUT2D eigenvalue weighted by molar-refractivity contribution is 6.33. The van der Waals surface area contributed by atoms with Gasteiger partial charge >= 0.3 is 0 Å². The van der Waals surface area contributed by atoms with E-state index in [4.69, 9.17) is 27.2 Å². The molecule has 2 bridgehead atoms. The van der Waals surface area contributed by atoms with Crippen LogP contribution < -0.4 is 15.8 Å². The lowest BCUT2D eigenvalue weighted by atomic mass is 9.84. The maximum atomic E-state index is 12.7. The van der Waals surface area contributed by atoms with Crippen LogP contribution in [-0.4, -0.2) is 54.8 Å².